The van der Waals surface area contributed by atoms with Crippen LogP contribution in [0.4, 0.5) is 18.9 Å². The number of aromatic nitrogens is 3. The van der Waals surface area contributed by atoms with Crippen molar-refractivity contribution < 1.29 is 22.9 Å². The fraction of sp³-hybridized carbons (Fsp3) is 0.182. The molecule has 7 nitrogen and oxygen atoms in total. The van der Waals surface area contributed by atoms with Gasteiger partial charge >= 0.3 is 6.18 Å². The SMILES string of the molecule is Cc1nn(-c2ccc(C(F)(F)F)cc2[N+](=O)[O-])nc1C=O. The molecule has 0 saturated heterocycles. The normalized spacial score (nSPS) is 11.4. The summed E-state index contributed by atoms with van der Waals surface area (Å²) >= 11 is 0. The third kappa shape index (κ3) is 2.73. The van der Waals surface area contributed by atoms with E-state index in [9.17, 15) is 28.1 Å². The molecule has 0 atom stereocenters. The Morgan fingerprint density at radius 1 is 1.33 bits per heavy atom. The molecule has 0 fully saturated rings. The molecule has 0 amide bonds. The monoisotopic (exact) mass is 300 g/mol. The van der Waals surface area contributed by atoms with Crippen molar-refractivity contribution in [3.05, 3.63) is 45.3 Å². The number of hydrogen-bond acceptors (Lipinski definition) is 5. The Labute approximate surface area is 115 Å². The van der Waals surface area contributed by atoms with E-state index in [0.29, 0.717) is 18.4 Å². The summed E-state index contributed by atoms with van der Waals surface area (Å²) in [6.45, 7) is 1.45. The van der Waals surface area contributed by atoms with Crippen molar-refractivity contribution in [2.24, 2.45) is 0 Å². The molecule has 0 radical (unpaired) electrons. The second-order valence-electron chi connectivity index (χ2n) is 4.04. The van der Waals surface area contributed by atoms with Crippen molar-refractivity contribution in [3.63, 3.8) is 0 Å². The van der Waals surface area contributed by atoms with E-state index < -0.39 is 22.4 Å². The van der Waals surface area contributed by atoms with Gasteiger partial charge in [0.2, 0.25) is 0 Å². The Balaban J connectivity index is 2.63. The predicted octanol–water partition coefficient (Wildman–Crippen LogP) is 2.32. The third-order valence-corrected chi connectivity index (χ3v) is 2.64. The molecule has 0 unspecified atom stereocenters. The zero-order valence-electron chi connectivity index (χ0n) is 10.5. The van der Waals surface area contributed by atoms with Crippen LogP contribution >= 0.6 is 0 Å². The van der Waals surface area contributed by atoms with Gasteiger partial charge in [-0.15, -0.1) is 9.90 Å². The maximum Gasteiger partial charge on any atom is 0.416 e. The number of aldehydes is 1. The number of benzene rings is 1. The number of rotatable bonds is 3. The van der Waals surface area contributed by atoms with Gasteiger partial charge in [-0.3, -0.25) is 14.9 Å². The van der Waals surface area contributed by atoms with Gasteiger partial charge in [-0.25, -0.2) is 0 Å². The molecule has 0 bridgehead atoms. The van der Waals surface area contributed by atoms with Gasteiger partial charge < -0.3 is 0 Å². The Kier molecular flexibility index (Phi) is 3.45. The minimum Gasteiger partial charge on any atom is -0.296 e. The van der Waals surface area contributed by atoms with E-state index in [-0.39, 0.29) is 17.1 Å². The first-order valence-corrected chi connectivity index (χ1v) is 5.49. The first-order chi connectivity index (χ1) is 9.74. The number of halogens is 3. The molecule has 1 heterocycles. The zero-order valence-corrected chi connectivity index (χ0v) is 10.5. The average Bonchev–Trinajstić information content (AvgIpc) is 2.78. The summed E-state index contributed by atoms with van der Waals surface area (Å²) < 4.78 is 37.7. The van der Waals surface area contributed by atoms with Crippen LogP contribution in [0.5, 0.6) is 0 Å². The van der Waals surface area contributed by atoms with Gasteiger partial charge in [-0.2, -0.15) is 18.3 Å². The van der Waals surface area contributed by atoms with Crippen molar-refractivity contribution in [1.29, 1.82) is 0 Å². The molecule has 0 aliphatic carbocycles. The summed E-state index contributed by atoms with van der Waals surface area (Å²) in [6.07, 6.45) is -4.31. The lowest BCUT2D eigenvalue weighted by atomic mass is 10.1. The molecule has 2 rings (SSSR count). The van der Waals surface area contributed by atoms with Gasteiger partial charge in [-0.05, 0) is 19.1 Å². The Bertz CT molecular complexity index is 724. The van der Waals surface area contributed by atoms with Crippen LogP contribution in [0.1, 0.15) is 21.7 Å². The van der Waals surface area contributed by atoms with E-state index in [1.165, 1.54) is 6.92 Å². The average molecular weight is 300 g/mol. The number of hydrogen-bond donors (Lipinski definition) is 0. The van der Waals surface area contributed by atoms with Crippen LogP contribution in [-0.2, 0) is 6.18 Å². The largest absolute Gasteiger partial charge is 0.416 e. The van der Waals surface area contributed by atoms with Crippen molar-refractivity contribution in [2.45, 2.75) is 13.1 Å². The van der Waals surface area contributed by atoms with Crippen molar-refractivity contribution >= 4 is 12.0 Å². The van der Waals surface area contributed by atoms with Gasteiger partial charge in [-0.1, -0.05) is 0 Å². The van der Waals surface area contributed by atoms with Crippen molar-refractivity contribution in [3.8, 4) is 5.69 Å². The number of nitrogens with zero attached hydrogens (tertiary/aromatic N) is 4. The highest BCUT2D eigenvalue weighted by molar-refractivity contribution is 5.73. The van der Waals surface area contributed by atoms with Gasteiger partial charge in [0.1, 0.15) is 5.69 Å². The number of aryl methyl sites for hydroxylation is 1. The van der Waals surface area contributed by atoms with Gasteiger partial charge in [0.05, 0.1) is 16.2 Å². The van der Waals surface area contributed by atoms with Crippen LogP contribution in [0.3, 0.4) is 0 Å². The zero-order chi connectivity index (χ0) is 15.8. The standard InChI is InChI=1S/C11H7F3N4O3/c1-6-8(5-19)16-17(15-6)9-3-2-7(11(12,13)14)4-10(9)18(20)21/h2-5H,1H3. The van der Waals surface area contributed by atoms with Crippen LogP contribution in [0.25, 0.3) is 5.69 Å². The van der Waals surface area contributed by atoms with Crippen LogP contribution in [0.2, 0.25) is 0 Å². The van der Waals surface area contributed by atoms with Crippen LogP contribution in [0, 0.1) is 17.0 Å². The lowest BCUT2D eigenvalue weighted by molar-refractivity contribution is -0.384. The second kappa shape index (κ2) is 4.96. The van der Waals surface area contributed by atoms with Crippen molar-refractivity contribution in [2.75, 3.05) is 0 Å². The maximum absolute atomic E-state index is 12.6. The molecular formula is C11H7F3N4O3. The summed E-state index contributed by atoms with van der Waals surface area (Å²) in [7, 11) is 0. The first-order valence-electron chi connectivity index (χ1n) is 5.49. The fourth-order valence-electron chi connectivity index (χ4n) is 1.62. The fourth-order valence-corrected chi connectivity index (χ4v) is 1.62. The predicted molar refractivity (Wildman–Crippen MR) is 63.1 cm³/mol. The van der Waals surface area contributed by atoms with E-state index in [1.807, 2.05) is 0 Å². The Morgan fingerprint density at radius 3 is 2.48 bits per heavy atom. The first kappa shape index (κ1) is 14.6. The van der Waals surface area contributed by atoms with Crippen LogP contribution in [0.15, 0.2) is 18.2 Å². The minimum atomic E-state index is -4.70. The molecule has 1 aromatic heterocycles. The number of nitro benzene ring substituents is 1. The third-order valence-electron chi connectivity index (χ3n) is 2.64. The molecule has 0 saturated carbocycles. The highest BCUT2D eigenvalue weighted by atomic mass is 19.4. The quantitative estimate of drug-likeness (QED) is 0.493. The molecule has 0 spiro atoms. The van der Waals surface area contributed by atoms with E-state index in [2.05, 4.69) is 10.2 Å². The molecule has 2 aromatic rings. The summed E-state index contributed by atoms with van der Waals surface area (Å²) in [5.74, 6) is 0. The van der Waals surface area contributed by atoms with Crippen molar-refractivity contribution in [1.82, 2.24) is 15.0 Å². The van der Waals surface area contributed by atoms with E-state index in [1.54, 1.807) is 0 Å². The summed E-state index contributed by atoms with van der Waals surface area (Å²) in [5.41, 5.74) is -2.07. The summed E-state index contributed by atoms with van der Waals surface area (Å²) in [4.78, 5) is 21.4. The van der Waals surface area contributed by atoms with Crippen LogP contribution in [-0.4, -0.2) is 26.2 Å². The molecule has 21 heavy (non-hydrogen) atoms. The van der Waals surface area contributed by atoms with Crippen LogP contribution < -0.4 is 0 Å². The molecule has 10 heteroatoms. The Morgan fingerprint density at radius 2 is 2.00 bits per heavy atom. The smallest absolute Gasteiger partial charge is 0.296 e. The number of nitro groups is 1. The number of alkyl halides is 3. The lowest BCUT2D eigenvalue weighted by Crippen LogP contribution is -2.09. The molecular weight excluding hydrogens is 293 g/mol. The van der Waals surface area contributed by atoms with Gasteiger partial charge in [0.25, 0.3) is 5.69 Å². The Hall–Kier alpha value is -2.78. The highest BCUT2D eigenvalue weighted by Gasteiger charge is 2.33. The van der Waals surface area contributed by atoms with Gasteiger partial charge in [0, 0.05) is 6.07 Å². The summed E-state index contributed by atoms with van der Waals surface area (Å²) in [5, 5.41) is 18.4. The lowest BCUT2D eigenvalue weighted by Gasteiger charge is -2.08. The molecule has 0 aliphatic heterocycles. The van der Waals surface area contributed by atoms with E-state index >= 15 is 0 Å². The second-order valence-corrected chi connectivity index (χ2v) is 4.04. The topological polar surface area (TPSA) is 90.9 Å². The summed E-state index contributed by atoms with van der Waals surface area (Å²) in [6, 6.07) is 1.96. The molecule has 1 aromatic carbocycles. The molecule has 110 valence electrons. The molecule has 0 aliphatic rings. The molecule has 0 N–H and O–H groups in total. The highest BCUT2D eigenvalue weighted by Crippen LogP contribution is 2.33. The number of carbonyl (C=O) groups excluding carboxylic acids is 1. The number of carbonyl (C=O) groups is 1. The maximum atomic E-state index is 12.6. The van der Waals surface area contributed by atoms with E-state index in [4.69, 9.17) is 0 Å². The van der Waals surface area contributed by atoms with Gasteiger partial charge in [0.15, 0.2) is 12.0 Å². The minimum absolute atomic E-state index is 0.0517. The van der Waals surface area contributed by atoms with E-state index in [0.717, 1.165) is 10.9 Å².